The van der Waals surface area contributed by atoms with E-state index >= 15 is 0 Å². The summed E-state index contributed by atoms with van der Waals surface area (Å²) in [5.74, 6) is 2.28. The maximum Gasteiger partial charge on any atom is 0.238 e. The molecular formula is C18H17NO3. The predicted octanol–water partition coefficient (Wildman–Crippen LogP) is 2.25. The normalized spacial score (nSPS) is 40.7. The van der Waals surface area contributed by atoms with E-state index in [0.29, 0.717) is 17.5 Å². The maximum absolute atomic E-state index is 12.9. The second-order valence-corrected chi connectivity index (χ2v) is 6.86. The first-order valence-corrected chi connectivity index (χ1v) is 7.91. The first-order valence-electron chi connectivity index (χ1n) is 7.91. The van der Waals surface area contributed by atoms with Crippen molar-refractivity contribution in [3.8, 4) is 5.75 Å². The van der Waals surface area contributed by atoms with Crippen LogP contribution < -0.4 is 9.64 Å². The van der Waals surface area contributed by atoms with Gasteiger partial charge in [0, 0.05) is 0 Å². The third-order valence-electron chi connectivity index (χ3n) is 5.99. The Balaban J connectivity index is 1.54. The van der Waals surface area contributed by atoms with Crippen LogP contribution in [0.2, 0.25) is 0 Å². The third-order valence-corrected chi connectivity index (χ3v) is 5.99. The predicted molar refractivity (Wildman–Crippen MR) is 80.2 cm³/mol. The summed E-state index contributed by atoms with van der Waals surface area (Å²) in [5.41, 5.74) is 0.665. The number of ether oxygens (including phenoxy) is 1. The topological polar surface area (TPSA) is 46.6 Å². The molecule has 1 aromatic carbocycles. The zero-order chi connectivity index (χ0) is 15.0. The van der Waals surface area contributed by atoms with Gasteiger partial charge in [0.15, 0.2) is 0 Å². The molecule has 3 fully saturated rings. The quantitative estimate of drug-likeness (QED) is 0.621. The minimum Gasteiger partial charge on any atom is -0.497 e. The lowest BCUT2D eigenvalue weighted by Gasteiger charge is -2.37. The first-order chi connectivity index (χ1) is 10.7. The van der Waals surface area contributed by atoms with Crippen molar-refractivity contribution in [2.24, 2.45) is 35.5 Å². The highest BCUT2D eigenvalue weighted by Gasteiger charge is 2.67. The van der Waals surface area contributed by atoms with Crippen LogP contribution in [0.5, 0.6) is 5.75 Å². The van der Waals surface area contributed by atoms with Gasteiger partial charge in [-0.05, 0) is 54.4 Å². The van der Waals surface area contributed by atoms with E-state index in [1.54, 1.807) is 31.4 Å². The number of imide groups is 1. The van der Waals surface area contributed by atoms with Gasteiger partial charge < -0.3 is 4.74 Å². The fraction of sp³-hybridized carbons (Fsp3) is 0.444. The average molecular weight is 295 g/mol. The van der Waals surface area contributed by atoms with Crippen molar-refractivity contribution in [3.05, 3.63) is 36.4 Å². The molecule has 22 heavy (non-hydrogen) atoms. The fourth-order valence-electron chi connectivity index (χ4n) is 4.94. The van der Waals surface area contributed by atoms with Crippen molar-refractivity contribution in [1.29, 1.82) is 0 Å². The zero-order valence-electron chi connectivity index (χ0n) is 12.3. The van der Waals surface area contributed by atoms with Gasteiger partial charge >= 0.3 is 0 Å². The molecule has 6 rings (SSSR count). The molecular weight excluding hydrogens is 278 g/mol. The lowest BCUT2D eigenvalue weighted by atomic mass is 9.63. The van der Waals surface area contributed by atoms with Gasteiger partial charge in [0.05, 0.1) is 24.6 Å². The molecule has 0 aromatic heterocycles. The van der Waals surface area contributed by atoms with E-state index in [2.05, 4.69) is 12.2 Å². The van der Waals surface area contributed by atoms with Crippen molar-refractivity contribution in [3.63, 3.8) is 0 Å². The summed E-state index contributed by atoms with van der Waals surface area (Å²) >= 11 is 0. The van der Waals surface area contributed by atoms with E-state index in [-0.39, 0.29) is 35.5 Å². The number of benzene rings is 1. The van der Waals surface area contributed by atoms with E-state index in [4.69, 9.17) is 4.74 Å². The van der Waals surface area contributed by atoms with E-state index in [1.165, 1.54) is 11.3 Å². The zero-order valence-corrected chi connectivity index (χ0v) is 12.3. The largest absolute Gasteiger partial charge is 0.497 e. The van der Waals surface area contributed by atoms with Gasteiger partial charge in [-0.3, -0.25) is 14.5 Å². The van der Waals surface area contributed by atoms with Crippen molar-refractivity contribution < 1.29 is 14.3 Å². The van der Waals surface area contributed by atoms with E-state index in [0.717, 1.165) is 5.75 Å². The molecule has 5 aliphatic rings. The molecule has 0 radical (unpaired) electrons. The number of carbonyl (C=O) groups excluding carboxylic acids is 2. The summed E-state index contributed by atoms with van der Waals surface area (Å²) < 4.78 is 5.15. The van der Waals surface area contributed by atoms with Crippen LogP contribution in [0.3, 0.4) is 0 Å². The second kappa shape index (κ2) is 4.00. The van der Waals surface area contributed by atoms with Crippen molar-refractivity contribution in [2.75, 3.05) is 12.0 Å². The standard InChI is InChI=1S/C18H17NO3/c1-22-10-4-2-9(3-5-10)19-17(20)15-11-6-7-12(14-8-13(11)14)16(15)18(19)21/h2-7,11-16H,8H2,1H3/t11-,12-,13-,14+,15+,16-/m1/s1. The number of amides is 2. The van der Waals surface area contributed by atoms with Crippen LogP contribution in [0, 0.1) is 35.5 Å². The highest BCUT2D eigenvalue weighted by Crippen LogP contribution is 2.65. The summed E-state index contributed by atoms with van der Waals surface area (Å²) in [6, 6.07) is 7.18. The van der Waals surface area contributed by atoms with Crippen LogP contribution in [0.1, 0.15) is 6.42 Å². The van der Waals surface area contributed by atoms with E-state index < -0.39 is 0 Å². The summed E-state index contributed by atoms with van der Waals surface area (Å²) in [7, 11) is 1.60. The SMILES string of the molecule is COc1ccc(N2C(=O)[C@@H]3[C@@H]4C=C[C@H]([C@H]5C[C@@H]45)[C@@H]3C2=O)cc1. The Morgan fingerprint density at radius 2 is 1.50 bits per heavy atom. The molecule has 1 aliphatic heterocycles. The van der Waals surface area contributed by atoms with Crippen LogP contribution in [0.15, 0.2) is 36.4 Å². The molecule has 0 spiro atoms. The Hall–Kier alpha value is -2.10. The Morgan fingerprint density at radius 3 is 2.00 bits per heavy atom. The van der Waals surface area contributed by atoms with E-state index in [1.807, 2.05) is 0 Å². The molecule has 0 unspecified atom stereocenters. The molecule has 112 valence electrons. The Bertz CT molecular complexity index is 672. The minimum absolute atomic E-state index is 0.00938. The van der Waals surface area contributed by atoms with Gasteiger partial charge in [-0.15, -0.1) is 0 Å². The number of allylic oxidation sites excluding steroid dienone is 2. The summed E-state index contributed by atoms with van der Waals surface area (Å²) in [4.78, 5) is 27.2. The number of anilines is 1. The molecule has 4 nitrogen and oxygen atoms in total. The average Bonchev–Trinajstić information content (AvgIpc) is 3.32. The Kier molecular flexibility index (Phi) is 2.26. The highest BCUT2D eigenvalue weighted by atomic mass is 16.5. The second-order valence-electron chi connectivity index (χ2n) is 6.86. The minimum atomic E-state index is -0.131. The first kappa shape index (κ1) is 12.4. The Labute approximate surface area is 128 Å². The monoisotopic (exact) mass is 295 g/mol. The van der Waals surface area contributed by atoms with Crippen molar-refractivity contribution in [2.45, 2.75) is 6.42 Å². The third kappa shape index (κ3) is 1.38. The highest BCUT2D eigenvalue weighted by molar-refractivity contribution is 6.22. The molecule has 4 aliphatic carbocycles. The molecule has 0 N–H and O–H groups in total. The molecule has 6 atom stereocenters. The lowest BCUT2D eigenvalue weighted by Crippen LogP contribution is -2.40. The smallest absolute Gasteiger partial charge is 0.238 e. The number of carbonyl (C=O) groups is 2. The maximum atomic E-state index is 12.9. The van der Waals surface area contributed by atoms with Crippen LogP contribution in [0.4, 0.5) is 5.69 Å². The van der Waals surface area contributed by atoms with Gasteiger partial charge in [0.1, 0.15) is 5.75 Å². The van der Waals surface area contributed by atoms with Gasteiger partial charge in [-0.1, -0.05) is 12.2 Å². The molecule has 1 saturated heterocycles. The van der Waals surface area contributed by atoms with Gasteiger partial charge in [-0.2, -0.15) is 0 Å². The summed E-state index contributed by atoms with van der Waals surface area (Å²) in [5, 5.41) is 0. The molecule has 2 amide bonds. The van der Waals surface area contributed by atoms with Crippen LogP contribution in [-0.4, -0.2) is 18.9 Å². The molecule has 1 heterocycles. The van der Waals surface area contributed by atoms with Gasteiger partial charge in [0.2, 0.25) is 11.8 Å². The lowest BCUT2D eigenvalue weighted by molar-refractivity contribution is -0.124. The Morgan fingerprint density at radius 1 is 0.955 bits per heavy atom. The number of nitrogens with zero attached hydrogens (tertiary/aromatic N) is 1. The molecule has 2 saturated carbocycles. The van der Waals surface area contributed by atoms with E-state index in [9.17, 15) is 9.59 Å². The summed E-state index contributed by atoms with van der Waals surface area (Å²) in [6.07, 6.45) is 5.59. The fourth-order valence-corrected chi connectivity index (χ4v) is 4.94. The molecule has 4 heteroatoms. The summed E-state index contributed by atoms with van der Waals surface area (Å²) in [6.45, 7) is 0. The number of hydrogen-bond acceptors (Lipinski definition) is 3. The van der Waals surface area contributed by atoms with Crippen LogP contribution >= 0.6 is 0 Å². The van der Waals surface area contributed by atoms with Crippen molar-refractivity contribution >= 4 is 17.5 Å². The molecule has 1 aromatic rings. The van der Waals surface area contributed by atoms with Gasteiger partial charge in [-0.25, -0.2) is 0 Å². The van der Waals surface area contributed by atoms with Crippen LogP contribution in [-0.2, 0) is 9.59 Å². The van der Waals surface area contributed by atoms with Crippen LogP contribution in [0.25, 0.3) is 0 Å². The molecule has 2 bridgehead atoms. The number of methoxy groups -OCH3 is 1. The number of rotatable bonds is 2. The number of hydrogen-bond donors (Lipinski definition) is 0. The van der Waals surface area contributed by atoms with Crippen molar-refractivity contribution in [1.82, 2.24) is 0 Å². The van der Waals surface area contributed by atoms with Gasteiger partial charge in [0.25, 0.3) is 0 Å².